The number of unbranched alkanes of at least 4 members (excludes halogenated alkanes) is 7. The van der Waals surface area contributed by atoms with Crippen LogP contribution in [0.3, 0.4) is 0 Å². The molecule has 0 fully saturated rings. The van der Waals surface area contributed by atoms with Gasteiger partial charge in [-0.05, 0) is 24.3 Å². The Morgan fingerprint density at radius 2 is 1.42 bits per heavy atom. The van der Waals surface area contributed by atoms with Crippen LogP contribution in [0.15, 0.2) is 60.7 Å². The second-order valence-electron chi connectivity index (χ2n) is 10.5. The number of nitrogens with zero attached hydrogens (tertiary/aromatic N) is 2. The number of carboxylic acid groups (broad SMARTS) is 1. The minimum atomic E-state index is -0.706. The van der Waals surface area contributed by atoms with Crippen LogP contribution in [0.4, 0.5) is 0 Å². The zero-order chi connectivity index (χ0) is 27.2. The van der Waals surface area contributed by atoms with Gasteiger partial charge in [0.1, 0.15) is 17.2 Å². The molecule has 6 heteroatoms. The molecule has 1 heterocycles. The first-order valence-corrected chi connectivity index (χ1v) is 14.1. The molecule has 0 saturated carbocycles. The third-order valence-electron chi connectivity index (χ3n) is 6.66. The number of imidazole rings is 1. The molecule has 0 aliphatic heterocycles. The highest BCUT2D eigenvalue weighted by molar-refractivity contribution is 5.98. The smallest absolute Gasteiger partial charge is 0.303 e. The standard InChI is InChI=1S/C32H43N3O3/c1-25(2)24-35-28(23-26-17-11-9-12-18-26)34-30(27-19-13-10-14-20-27)31(35)32(38)33-22-16-8-6-4-3-5-7-15-21-29(36)37/h9-14,17-20,25H,3-8,15-16,21-24H2,1-2H3,(H,33,38)(H,36,37). The number of rotatable bonds is 17. The predicted octanol–water partition coefficient (Wildman–Crippen LogP) is 7.12. The monoisotopic (exact) mass is 517 g/mol. The van der Waals surface area contributed by atoms with Gasteiger partial charge in [-0.1, -0.05) is 113 Å². The summed E-state index contributed by atoms with van der Waals surface area (Å²) in [5, 5.41) is 11.9. The molecule has 6 nitrogen and oxygen atoms in total. The maximum Gasteiger partial charge on any atom is 0.303 e. The lowest BCUT2D eigenvalue weighted by Crippen LogP contribution is -2.28. The number of carbonyl (C=O) groups is 2. The molecule has 0 saturated heterocycles. The highest BCUT2D eigenvalue weighted by Crippen LogP contribution is 2.27. The molecule has 0 spiro atoms. The average molecular weight is 518 g/mol. The number of carboxylic acids is 1. The number of aromatic nitrogens is 2. The van der Waals surface area contributed by atoms with Crippen molar-refractivity contribution in [1.29, 1.82) is 0 Å². The Morgan fingerprint density at radius 1 is 0.842 bits per heavy atom. The number of carbonyl (C=O) groups excluding carboxylic acids is 1. The number of nitrogens with one attached hydrogen (secondary N) is 1. The third kappa shape index (κ3) is 9.47. The molecular weight excluding hydrogens is 474 g/mol. The van der Waals surface area contributed by atoms with Crippen molar-refractivity contribution >= 4 is 11.9 Å². The molecule has 0 unspecified atom stereocenters. The normalized spacial score (nSPS) is 11.1. The minimum Gasteiger partial charge on any atom is -0.481 e. The molecule has 3 rings (SSSR count). The molecule has 3 aromatic rings. The van der Waals surface area contributed by atoms with Crippen LogP contribution in [0, 0.1) is 5.92 Å². The Hall–Kier alpha value is -3.41. The van der Waals surface area contributed by atoms with Gasteiger partial charge in [0.15, 0.2) is 0 Å². The van der Waals surface area contributed by atoms with E-state index in [1.54, 1.807) is 0 Å². The van der Waals surface area contributed by atoms with E-state index < -0.39 is 5.97 Å². The van der Waals surface area contributed by atoms with Crippen molar-refractivity contribution in [2.24, 2.45) is 5.92 Å². The molecule has 0 aliphatic rings. The number of amides is 1. The van der Waals surface area contributed by atoms with Crippen molar-refractivity contribution in [3.63, 3.8) is 0 Å². The van der Waals surface area contributed by atoms with E-state index in [2.05, 4.69) is 35.9 Å². The van der Waals surface area contributed by atoms with Crippen molar-refractivity contribution in [1.82, 2.24) is 14.9 Å². The quantitative estimate of drug-likeness (QED) is 0.187. The summed E-state index contributed by atoms with van der Waals surface area (Å²) >= 11 is 0. The van der Waals surface area contributed by atoms with E-state index in [1.807, 2.05) is 48.5 Å². The lowest BCUT2D eigenvalue weighted by atomic mass is 10.1. The van der Waals surface area contributed by atoms with Crippen LogP contribution < -0.4 is 5.32 Å². The van der Waals surface area contributed by atoms with Gasteiger partial charge in [-0.15, -0.1) is 0 Å². The first kappa shape index (κ1) is 29.2. The van der Waals surface area contributed by atoms with E-state index in [0.717, 1.165) is 75.0 Å². The summed E-state index contributed by atoms with van der Waals surface area (Å²) in [6.45, 7) is 5.72. The summed E-state index contributed by atoms with van der Waals surface area (Å²) in [5.74, 6) is 0.521. The van der Waals surface area contributed by atoms with Crippen molar-refractivity contribution in [2.45, 2.75) is 84.6 Å². The maximum atomic E-state index is 13.6. The van der Waals surface area contributed by atoms with Crippen LogP contribution in [-0.4, -0.2) is 33.1 Å². The van der Waals surface area contributed by atoms with E-state index in [9.17, 15) is 9.59 Å². The first-order valence-electron chi connectivity index (χ1n) is 14.1. The Balaban J connectivity index is 1.63. The fourth-order valence-electron chi connectivity index (χ4n) is 4.75. The van der Waals surface area contributed by atoms with Gasteiger partial charge in [0, 0.05) is 31.5 Å². The van der Waals surface area contributed by atoms with Crippen LogP contribution in [0.1, 0.15) is 93.5 Å². The van der Waals surface area contributed by atoms with E-state index in [-0.39, 0.29) is 12.3 Å². The van der Waals surface area contributed by atoms with Gasteiger partial charge in [-0.2, -0.15) is 0 Å². The maximum absolute atomic E-state index is 13.6. The molecule has 1 aromatic heterocycles. The van der Waals surface area contributed by atoms with Crippen molar-refractivity contribution in [3.8, 4) is 11.3 Å². The molecule has 0 bridgehead atoms. The van der Waals surface area contributed by atoms with Crippen LogP contribution in [0.5, 0.6) is 0 Å². The van der Waals surface area contributed by atoms with E-state index >= 15 is 0 Å². The second-order valence-corrected chi connectivity index (χ2v) is 10.5. The molecule has 38 heavy (non-hydrogen) atoms. The Labute approximate surface area is 227 Å². The molecule has 0 aliphatic carbocycles. The predicted molar refractivity (Wildman–Crippen MR) is 153 cm³/mol. The average Bonchev–Trinajstić information content (AvgIpc) is 3.25. The van der Waals surface area contributed by atoms with Gasteiger partial charge in [0.2, 0.25) is 0 Å². The highest BCUT2D eigenvalue weighted by atomic mass is 16.4. The fourth-order valence-corrected chi connectivity index (χ4v) is 4.75. The first-order chi connectivity index (χ1) is 18.5. The van der Waals surface area contributed by atoms with E-state index in [0.29, 0.717) is 24.6 Å². The Kier molecular flexibility index (Phi) is 12.1. The summed E-state index contributed by atoms with van der Waals surface area (Å²) in [6, 6.07) is 20.3. The van der Waals surface area contributed by atoms with Crippen molar-refractivity contribution < 1.29 is 14.7 Å². The molecule has 1 amide bonds. The summed E-state index contributed by atoms with van der Waals surface area (Å²) in [4.78, 5) is 29.2. The van der Waals surface area contributed by atoms with Crippen LogP contribution in [-0.2, 0) is 17.8 Å². The molecule has 0 radical (unpaired) electrons. The number of hydrogen-bond donors (Lipinski definition) is 2. The van der Waals surface area contributed by atoms with Crippen LogP contribution >= 0.6 is 0 Å². The van der Waals surface area contributed by atoms with Crippen LogP contribution in [0.25, 0.3) is 11.3 Å². The highest BCUT2D eigenvalue weighted by Gasteiger charge is 2.24. The molecule has 2 N–H and O–H groups in total. The number of aliphatic carboxylic acids is 1. The minimum absolute atomic E-state index is 0.0604. The summed E-state index contributed by atoms with van der Waals surface area (Å²) in [7, 11) is 0. The summed E-state index contributed by atoms with van der Waals surface area (Å²) in [5.41, 5.74) is 3.53. The molecule has 0 atom stereocenters. The van der Waals surface area contributed by atoms with Crippen molar-refractivity contribution in [3.05, 3.63) is 77.7 Å². The lowest BCUT2D eigenvalue weighted by molar-refractivity contribution is -0.137. The lowest BCUT2D eigenvalue weighted by Gasteiger charge is -2.15. The Morgan fingerprint density at radius 3 is 2.03 bits per heavy atom. The zero-order valence-electron chi connectivity index (χ0n) is 23.0. The van der Waals surface area contributed by atoms with Gasteiger partial charge in [0.25, 0.3) is 5.91 Å². The zero-order valence-corrected chi connectivity index (χ0v) is 23.0. The summed E-state index contributed by atoms with van der Waals surface area (Å²) in [6.07, 6.45) is 9.26. The van der Waals surface area contributed by atoms with Gasteiger partial charge >= 0.3 is 5.97 Å². The van der Waals surface area contributed by atoms with E-state index in [4.69, 9.17) is 10.1 Å². The second kappa shape index (κ2) is 15.8. The third-order valence-corrected chi connectivity index (χ3v) is 6.66. The van der Waals surface area contributed by atoms with Crippen LogP contribution in [0.2, 0.25) is 0 Å². The van der Waals surface area contributed by atoms with Gasteiger partial charge < -0.3 is 15.0 Å². The molecule has 204 valence electrons. The summed E-state index contributed by atoms with van der Waals surface area (Å²) < 4.78 is 2.12. The van der Waals surface area contributed by atoms with Gasteiger partial charge in [-0.25, -0.2) is 4.98 Å². The topological polar surface area (TPSA) is 84.2 Å². The molecular formula is C32H43N3O3. The number of benzene rings is 2. The Bertz CT molecular complexity index is 1120. The molecule has 2 aromatic carbocycles. The fraction of sp³-hybridized carbons (Fsp3) is 0.469. The van der Waals surface area contributed by atoms with Crippen molar-refractivity contribution in [2.75, 3.05) is 6.54 Å². The number of hydrogen-bond acceptors (Lipinski definition) is 3. The largest absolute Gasteiger partial charge is 0.481 e. The SMILES string of the molecule is CC(C)Cn1c(Cc2ccccc2)nc(-c2ccccc2)c1C(=O)NCCCCCCCCCCC(=O)O. The van der Waals surface area contributed by atoms with E-state index in [1.165, 1.54) is 5.56 Å². The van der Waals surface area contributed by atoms with Gasteiger partial charge in [0.05, 0.1) is 0 Å². The van der Waals surface area contributed by atoms with Gasteiger partial charge in [-0.3, -0.25) is 9.59 Å².